The molecular formula is C16H11BrF3NO3S. The maximum absolute atomic E-state index is 12.5. The van der Waals surface area contributed by atoms with Crippen molar-refractivity contribution in [3.05, 3.63) is 63.6 Å². The third-order valence-corrected chi connectivity index (χ3v) is 4.62. The lowest BCUT2D eigenvalue weighted by atomic mass is 10.1. The minimum Gasteiger partial charge on any atom is -0.478 e. The number of carboxylic acid groups (broad SMARTS) is 1. The van der Waals surface area contributed by atoms with Gasteiger partial charge in [-0.1, -0.05) is 30.0 Å². The molecule has 0 bridgehead atoms. The molecule has 1 amide bonds. The number of hydrogen-bond acceptors (Lipinski definition) is 3. The van der Waals surface area contributed by atoms with Crippen molar-refractivity contribution < 1.29 is 27.9 Å². The topological polar surface area (TPSA) is 66.4 Å². The lowest BCUT2D eigenvalue weighted by molar-refractivity contribution is -0.137. The molecule has 0 aliphatic heterocycles. The maximum Gasteiger partial charge on any atom is 0.416 e. The van der Waals surface area contributed by atoms with Crippen LogP contribution in [0.1, 0.15) is 21.5 Å². The molecule has 0 atom stereocenters. The van der Waals surface area contributed by atoms with E-state index in [2.05, 4.69) is 21.2 Å². The molecule has 0 saturated carbocycles. The molecule has 25 heavy (non-hydrogen) atoms. The van der Waals surface area contributed by atoms with Crippen LogP contribution in [0.5, 0.6) is 0 Å². The second-order valence-corrected chi connectivity index (χ2v) is 6.67. The molecule has 0 radical (unpaired) electrons. The Kier molecular flexibility index (Phi) is 6.12. The summed E-state index contributed by atoms with van der Waals surface area (Å²) in [4.78, 5) is 23.2. The van der Waals surface area contributed by atoms with E-state index in [0.717, 1.165) is 23.9 Å². The van der Waals surface area contributed by atoms with Gasteiger partial charge in [0.25, 0.3) is 5.24 Å². The number of halogens is 4. The van der Waals surface area contributed by atoms with Crippen LogP contribution >= 0.6 is 27.7 Å². The van der Waals surface area contributed by atoms with Gasteiger partial charge in [0.15, 0.2) is 0 Å². The van der Waals surface area contributed by atoms with Crippen molar-refractivity contribution in [1.29, 1.82) is 0 Å². The van der Waals surface area contributed by atoms with E-state index < -0.39 is 22.9 Å². The van der Waals surface area contributed by atoms with Gasteiger partial charge in [-0.05, 0) is 45.8 Å². The van der Waals surface area contributed by atoms with Gasteiger partial charge >= 0.3 is 12.1 Å². The predicted molar refractivity (Wildman–Crippen MR) is 92.9 cm³/mol. The molecule has 2 rings (SSSR count). The third-order valence-electron chi connectivity index (χ3n) is 3.12. The van der Waals surface area contributed by atoms with Gasteiger partial charge in [-0.15, -0.1) is 0 Å². The number of hydrogen-bond donors (Lipinski definition) is 2. The van der Waals surface area contributed by atoms with E-state index >= 15 is 0 Å². The molecule has 4 nitrogen and oxygen atoms in total. The summed E-state index contributed by atoms with van der Waals surface area (Å²) >= 11 is 3.93. The van der Waals surface area contributed by atoms with Crippen molar-refractivity contribution in [3.63, 3.8) is 0 Å². The number of aromatic carboxylic acids is 1. The number of amides is 1. The van der Waals surface area contributed by atoms with Crippen molar-refractivity contribution >= 4 is 44.6 Å². The number of carbonyl (C=O) groups excluding carboxylic acids is 1. The van der Waals surface area contributed by atoms with E-state index in [1.165, 1.54) is 24.3 Å². The minimum atomic E-state index is -4.41. The van der Waals surface area contributed by atoms with Crippen LogP contribution in [0.3, 0.4) is 0 Å². The Morgan fingerprint density at radius 2 is 1.76 bits per heavy atom. The fourth-order valence-electron chi connectivity index (χ4n) is 1.93. The average Bonchev–Trinajstić information content (AvgIpc) is 2.52. The lowest BCUT2D eigenvalue weighted by Crippen LogP contribution is -2.10. The molecular weight excluding hydrogens is 423 g/mol. The zero-order chi connectivity index (χ0) is 18.6. The highest BCUT2D eigenvalue weighted by Gasteiger charge is 2.29. The van der Waals surface area contributed by atoms with Crippen LogP contribution in [0.2, 0.25) is 0 Å². The summed E-state index contributed by atoms with van der Waals surface area (Å²) < 4.78 is 37.8. The summed E-state index contributed by atoms with van der Waals surface area (Å²) in [5, 5.41) is 11.1. The molecule has 2 aromatic carbocycles. The third kappa shape index (κ3) is 5.23. The summed E-state index contributed by atoms with van der Waals surface area (Å²) in [5.74, 6) is -1.05. The summed E-state index contributed by atoms with van der Waals surface area (Å²) in [6, 6.07) is 9.05. The highest BCUT2D eigenvalue weighted by atomic mass is 79.9. The van der Waals surface area contributed by atoms with Gasteiger partial charge in [0.05, 0.1) is 16.8 Å². The normalized spacial score (nSPS) is 11.2. The van der Waals surface area contributed by atoms with E-state index in [0.29, 0.717) is 10.0 Å². The van der Waals surface area contributed by atoms with E-state index in [1.54, 1.807) is 6.07 Å². The molecule has 2 N–H and O–H groups in total. The van der Waals surface area contributed by atoms with E-state index in [4.69, 9.17) is 0 Å². The van der Waals surface area contributed by atoms with Gasteiger partial charge in [0.1, 0.15) is 0 Å². The molecule has 0 unspecified atom stereocenters. The zero-order valence-electron chi connectivity index (χ0n) is 12.4. The van der Waals surface area contributed by atoms with Crippen molar-refractivity contribution in [1.82, 2.24) is 0 Å². The summed E-state index contributed by atoms with van der Waals surface area (Å²) in [5.41, 5.74) is -0.162. The Balaban J connectivity index is 2.00. The Bertz CT molecular complexity index is 794. The van der Waals surface area contributed by atoms with Gasteiger partial charge in [-0.3, -0.25) is 4.79 Å². The Morgan fingerprint density at radius 1 is 1.12 bits per heavy atom. The first-order chi connectivity index (χ1) is 11.7. The Hall–Kier alpha value is -2.00. The molecule has 9 heteroatoms. The van der Waals surface area contributed by atoms with Crippen molar-refractivity contribution in [2.75, 3.05) is 5.32 Å². The van der Waals surface area contributed by atoms with Gasteiger partial charge in [0.2, 0.25) is 0 Å². The van der Waals surface area contributed by atoms with Gasteiger partial charge in [-0.2, -0.15) is 13.2 Å². The predicted octanol–water partition coefficient (Wildman–Crippen LogP) is 5.63. The van der Waals surface area contributed by atoms with Crippen LogP contribution in [0, 0.1) is 0 Å². The number of benzene rings is 2. The molecule has 0 aromatic heterocycles. The monoisotopic (exact) mass is 433 g/mol. The van der Waals surface area contributed by atoms with E-state index in [-0.39, 0.29) is 17.0 Å². The average molecular weight is 434 g/mol. The number of thioether (sulfide) groups is 1. The standard InChI is InChI=1S/C16H11BrF3NO3S/c17-11-2-1-3-12(13(11)14(22)23)21-15(24)25-8-9-4-6-10(7-5-9)16(18,19)20/h1-7H,8H2,(H,21,24)(H,22,23). The van der Waals surface area contributed by atoms with Gasteiger partial charge < -0.3 is 10.4 Å². The minimum absolute atomic E-state index is 0.0778. The van der Waals surface area contributed by atoms with Crippen LogP contribution in [0.25, 0.3) is 0 Å². The van der Waals surface area contributed by atoms with Crippen LogP contribution < -0.4 is 5.32 Å². The number of anilines is 1. The number of rotatable bonds is 4. The lowest BCUT2D eigenvalue weighted by Gasteiger charge is -2.10. The first-order valence-corrected chi connectivity index (χ1v) is 8.58. The van der Waals surface area contributed by atoms with E-state index in [1.807, 2.05) is 0 Å². The smallest absolute Gasteiger partial charge is 0.416 e. The number of carboxylic acids is 1. The highest BCUT2D eigenvalue weighted by Crippen LogP contribution is 2.30. The van der Waals surface area contributed by atoms with Crippen LogP contribution in [0.4, 0.5) is 23.7 Å². The molecule has 0 saturated heterocycles. The zero-order valence-corrected chi connectivity index (χ0v) is 14.8. The molecule has 0 heterocycles. The summed E-state index contributed by atoms with van der Waals surface area (Å²) in [6.07, 6.45) is -4.41. The molecule has 0 aliphatic rings. The number of nitrogens with one attached hydrogen (secondary N) is 1. The van der Waals surface area contributed by atoms with E-state index in [9.17, 15) is 27.9 Å². The first-order valence-electron chi connectivity index (χ1n) is 6.80. The largest absolute Gasteiger partial charge is 0.478 e. The second kappa shape index (κ2) is 7.92. The van der Waals surface area contributed by atoms with Gasteiger partial charge in [-0.25, -0.2) is 4.79 Å². The molecule has 2 aromatic rings. The summed E-state index contributed by atoms with van der Waals surface area (Å²) in [6.45, 7) is 0. The number of alkyl halides is 3. The van der Waals surface area contributed by atoms with Crippen LogP contribution in [-0.4, -0.2) is 16.3 Å². The SMILES string of the molecule is O=C(Nc1cccc(Br)c1C(=O)O)SCc1ccc(C(F)(F)F)cc1. The van der Waals surface area contributed by atoms with Crippen LogP contribution in [0.15, 0.2) is 46.9 Å². The van der Waals surface area contributed by atoms with Crippen molar-refractivity contribution in [3.8, 4) is 0 Å². The second-order valence-electron chi connectivity index (χ2n) is 4.86. The quantitative estimate of drug-likeness (QED) is 0.655. The molecule has 0 fully saturated rings. The first kappa shape index (κ1) is 19.3. The summed E-state index contributed by atoms with van der Waals surface area (Å²) in [7, 11) is 0. The highest BCUT2D eigenvalue weighted by molar-refractivity contribution is 9.10. The van der Waals surface area contributed by atoms with Crippen molar-refractivity contribution in [2.24, 2.45) is 0 Å². The molecule has 0 spiro atoms. The maximum atomic E-state index is 12.5. The Morgan fingerprint density at radius 3 is 2.32 bits per heavy atom. The Labute approximate surface area is 153 Å². The fourth-order valence-corrected chi connectivity index (χ4v) is 3.14. The molecule has 0 aliphatic carbocycles. The van der Waals surface area contributed by atoms with Gasteiger partial charge in [0, 0.05) is 10.2 Å². The number of carbonyl (C=O) groups is 2. The molecule has 132 valence electrons. The fraction of sp³-hybridized carbons (Fsp3) is 0.125. The van der Waals surface area contributed by atoms with Crippen molar-refractivity contribution in [2.45, 2.75) is 11.9 Å². The van der Waals surface area contributed by atoms with Crippen LogP contribution in [-0.2, 0) is 11.9 Å².